The molecule has 4 aromatic heterocycles. The van der Waals surface area contributed by atoms with Crippen LogP contribution in [-0.4, -0.2) is 82.3 Å². The zero-order valence-corrected chi connectivity index (χ0v) is 27.6. The summed E-state index contributed by atoms with van der Waals surface area (Å²) in [5.74, 6) is 1.83. The highest BCUT2D eigenvalue weighted by molar-refractivity contribution is 6.31. The lowest BCUT2D eigenvalue weighted by atomic mass is 10.1. The van der Waals surface area contributed by atoms with Crippen LogP contribution in [0.1, 0.15) is 12.8 Å². The van der Waals surface area contributed by atoms with Crippen molar-refractivity contribution in [3.8, 4) is 22.5 Å². The first-order chi connectivity index (χ1) is 22.5. The van der Waals surface area contributed by atoms with Gasteiger partial charge in [-0.15, -0.1) is 0 Å². The lowest BCUT2D eigenvalue weighted by molar-refractivity contribution is 0.0816. The smallest absolute Gasteiger partial charge is 0.210 e. The minimum Gasteiger partial charge on any atom is -0.383 e. The van der Waals surface area contributed by atoms with E-state index < -0.39 is 0 Å². The number of aromatic nitrogens is 6. The molecule has 10 nitrogen and oxygen atoms in total. The quantitative estimate of drug-likeness (QED) is 0.177. The summed E-state index contributed by atoms with van der Waals surface area (Å²) < 4.78 is 14.8. The molecule has 0 unspecified atom stereocenters. The maximum atomic E-state index is 6.01. The van der Waals surface area contributed by atoms with Crippen LogP contribution in [-0.2, 0) is 9.47 Å². The molecule has 1 fully saturated rings. The molecule has 7 rings (SSSR count). The van der Waals surface area contributed by atoms with Crippen molar-refractivity contribution in [2.24, 2.45) is 0 Å². The van der Waals surface area contributed by atoms with E-state index in [4.69, 9.17) is 42.6 Å². The fraction of sp³-hybridized carbons (Fsp3) is 0.294. The fourth-order valence-corrected chi connectivity index (χ4v) is 5.85. The SMILES string of the molecule is COC1CCN(c2nc(-c3ccc(Cl)cc3)c3cnccn23)CC1.COCCN(C)c1nc(-c2ccc(Cl)cc2)c2cnccn12. The van der Waals surface area contributed by atoms with Crippen molar-refractivity contribution in [3.05, 3.63) is 95.8 Å². The maximum absolute atomic E-state index is 6.01. The monoisotopic (exact) mass is 658 g/mol. The van der Waals surface area contributed by atoms with Crippen LogP contribution < -0.4 is 9.80 Å². The first kappa shape index (κ1) is 31.7. The number of benzene rings is 2. The third kappa shape index (κ3) is 6.80. The molecule has 0 saturated carbocycles. The summed E-state index contributed by atoms with van der Waals surface area (Å²) in [6, 6.07) is 15.5. The Bertz CT molecular complexity index is 1880. The number of imidazole rings is 2. The Hall–Kier alpha value is -4.22. The summed E-state index contributed by atoms with van der Waals surface area (Å²) in [6.07, 6.45) is 13.5. The molecule has 0 N–H and O–H groups in total. The highest BCUT2D eigenvalue weighted by atomic mass is 35.5. The van der Waals surface area contributed by atoms with E-state index in [1.165, 1.54) is 0 Å². The highest BCUT2D eigenvalue weighted by Gasteiger charge is 2.24. The number of anilines is 2. The van der Waals surface area contributed by atoms with Crippen LogP contribution in [0, 0.1) is 0 Å². The summed E-state index contributed by atoms with van der Waals surface area (Å²) in [6.45, 7) is 3.30. The predicted octanol–water partition coefficient (Wildman–Crippen LogP) is 6.80. The van der Waals surface area contributed by atoms with Gasteiger partial charge >= 0.3 is 0 Å². The van der Waals surface area contributed by atoms with E-state index in [0.717, 1.165) is 82.9 Å². The van der Waals surface area contributed by atoms with E-state index >= 15 is 0 Å². The van der Waals surface area contributed by atoms with Gasteiger partial charge < -0.3 is 19.3 Å². The number of nitrogens with zero attached hydrogens (tertiary/aromatic N) is 8. The van der Waals surface area contributed by atoms with Crippen molar-refractivity contribution < 1.29 is 9.47 Å². The largest absolute Gasteiger partial charge is 0.383 e. The van der Waals surface area contributed by atoms with Crippen molar-refractivity contribution in [2.75, 3.05) is 57.3 Å². The van der Waals surface area contributed by atoms with Crippen LogP contribution in [0.2, 0.25) is 10.0 Å². The normalized spacial score (nSPS) is 13.6. The molecule has 0 atom stereocenters. The van der Waals surface area contributed by atoms with Crippen molar-refractivity contribution in [2.45, 2.75) is 18.9 Å². The van der Waals surface area contributed by atoms with Crippen molar-refractivity contribution in [3.63, 3.8) is 0 Å². The Labute approximate surface area is 278 Å². The Morgan fingerprint density at radius 3 is 1.89 bits per heavy atom. The molecule has 1 aliphatic rings. The summed E-state index contributed by atoms with van der Waals surface area (Å²) >= 11 is 12.0. The van der Waals surface area contributed by atoms with Crippen LogP contribution >= 0.6 is 23.2 Å². The van der Waals surface area contributed by atoms with Gasteiger partial charge in [0.05, 0.1) is 47.5 Å². The van der Waals surface area contributed by atoms with Crippen molar-refractivity contribution in [1.29, 1.82) is 0 Å². The molecule has 6 aromatic rings. The van der Waals surface area contributed by atoms with E-state index in [9.17, 15) is 0 Å². The molecule has 0 aliphatic carbocycles. The molecule has 46 heavy (non-hydrogen) atoms. The van der Waals surface area contributed by atoms with E-state index in [-0.39, 0.29) is 0 Å². The molecule has 0 spiro atoms. The van der Waals surface area contributed by atoms with Crippen LogP contribution in [0.3, 0.4) is 0 Å². The highest BCUT2D eigenvalue weighted by Crippen LogP contribution is 2.31. The molecule has 238 valence electrons. The van der Waals surface area contributed by atoms with Gasteiger partial charge in [0.25, 0.3) is 0 Å². The average Bonchev–Trinajstić information content (AvgIpc) is 3.68. The third-order valence-corrected chi connectivity index (χ3v) is 8.63. The fourth-order valence-electron chi connectivity index (χ4n) is 5.60. The lowest BCUT2D eigenvalue weighted by Crippen LogP contribution is -2.37. The summed E-state index contributed by atoms with van der Waals surface area (Å²) in [4.78, 5) is 22.6. The van der Waals surface area contributed by atoms with Crippen LogP contribution in [0.5, 0.6) is 0 Å². The zero-order valence-electron chi connectivity index (χ0n) is 26.1. The Morgan fingerprint density at radius 2 is 1.33 bits per heavy atom. The van der Waals surface area contributed by atoms with E-state index in [1.54, 1.807) is 26.6 Å². The van der Waals surface area contributed by atoms with Crippen molar-refractivity contribution in [1.82, 2.24) is 28.7 Å². The van der Waals surface area contributed by atoms with Gasteiger partial charge in [0.2, 0.25) is 11.9 Å². The topological polar surface area (TPSA) is 85.3 Å². The van der Waals surface area contributed by atoms with Gasteiger partial charge in [0.15, 0.2) is 0 Å². The number of likely N-dealkylation sites (N-methyl/N-ethyl adjacent to an activating group) is 1. The van der Waals surface area contributed by atoms with Crippen LogP contribution in [0.4, 0.5) is 11.9 Å². The van der Waals surface area contributed by atoms with E-state index in [1.807, 2.05) is 84.8 Å². The van der Waals surface area contributed by atoms with Crippen molar-refractivity contribution >= 4 is 46.1 Å². The second-order valence-electron chi connectivity index (χ2n) is 11.0. The Morgan fingerprint density at radius 1 is 0.783 bits per heavy atom. The molecule has 0 bridgehead atoms. The molecular weight excluding hydrogens is 623 g/mol. The summed E-state index contributed by atoms with van der Waals surface area (Å²) in [7, 11) is 5.48. The number of ether oxygens (including phenoxy) is 2. The first-order valence-electron chi connectivity index (χ1n) is 15.1. The molecule has 1 saturated heterocycles. The van der Waals surface area contributed by atoms with Gasteiger partial charge in [-0.05, 0) is 37.1 Å². The average molecular weight is 660 g/mol. The third-order valence-electron chi connectivity index (χ3n) is 8.12. The second-order valence-corrected chi connectivity index (χ2v) is 11.9. The molecule has 1 aliphatic heterocycles. The number of fused-ring (bicyclic) bond motifs is 2. The minimum atomic E-state index is 0.352. The molecule has 5 heterocycles. The first-order valence-corrected chi connectivity index (χ1v) is 15.9. The summed E-state index contributed by atoms with van der Waals surface area (Å²) in [5.41, 5.74) is 5.85. The van der Waals surface area contributed by atoms with Gasteiger partial charge in [-0.1, -0.05) is 47.5 Å². The standard InChI is InChI=1S/C18H19ClN4O.C16H17ClN4O/c1-24-15-6-9-22(10-7-15)18-21-17(13-2-4-14(19)5-3-13)16-12-20-8-11-23(16)18;1-20(9-10-22-2)16-19-15(12-3-5-13(17)6-4-12)14-11-18-7-8-21(14)16/h2-5,8,11-12,15H,6-7,9-10H2,1H3;3-8,11H,9-10H2,1-2H3. The number of methoxy groups -OCH3 is 2. The molecule has 0 amide bonds. The maximum Gasteiger partial charge on any atom is 0.210 e. The molecule has 2 aromatic carbocycles. The minimum absolute atomic E-state index is 0.352. The molecule has 0 radical (unpaired) electrons. The Kier molecular flexibility index (Phi) is 9.99. The van der Waals surface area contributed by atoms with Gasteiger partial charge in [0.1, 0.15) is 0 Å². The number of hydrogen-bond donors (Lipinski definition) is 0. The molecule has 12 heteroatoms. The number of hydrogen-bond acceptors (Lipinski definition) is 8. The van der Waals surface area contributed by atoms with Gasteiger partial charge in [0, 0.05) is 86.9 Å². The summed E-state index contributed by atoms with van der Waals surface area (Å²) in [5, 5.41) is 1.44. The number of halogens is 2. The van der Waals surface area contributed by atoms with E-state index in [0.29, 0.717) is 17.7 Å². The van der Waals surface area contributed by atoms with Gasteiger partial charge in [-0.25, -0.2) is 9.97 Å². The van der Waals surface area contributed by atoms with Gasteiger partial charge in [-0.3, -0.25) is 18.8 Å². The lowest BCUT2D eigenvalue weighted by Gasteiger charge is -2.31. The molecular formula is C34H36Cl2N8O2. The van der Waals surface area contributed by atoms with Gasteiger partial charge in [-0.2, -0.15) is 0 Å². The van der Waals surface area contributed by atoms with E-state index in [2.05, 4.69) is 24.2 Å². The van der Waals surface area contributed by atoms with Crippen LogP contribution in [0.25, 0.3) is 33.5 Å². The Balaban J connectivity index is 0.000000162. The number of rotatable bonds is 8. The predicted molar refractivity (Wildman–Crippen MR) is 184 cm³/mol. The number of piperidine rings is 1. The zero-order chi connectivity index (χ0) is 32.0. The second kappa shape index (κ2) is 14.5. The van der Waals surface area contributed by atoms with Crippen LogP contribution in [0.15, 0.2) is 85.7 Å².